The van der Waals surface area contributed by atoms with E-state index < -0.39 is 0 Å². The van der Waals surface area contributed by atoms with E-state index in [0.29, 0.717) is 12.3 Å². The molecule has 0 radical (unpaired) electrons. The van der Waals surface area contributed by atoms with Gasteiger partial charge in [0.15, 0.2) is 0 Å². The van der Waals surface area contributed by atoms with Gasteiger partial charge in [0.1, 0.15) is 0 Å². The minimum Gasteiger partial charge on any atom is -0.354 e. The van der Waals surface area contributed by atoms with Crippen molar-refractivity contribution in [2.75, 3.05) is 32.7 Å². The van der Waals surface area contributed by atoms with E-state index in [1.54, 1.807) is 0 Å². The first-order valence-corrected chi connectivity index (χ1v) is 10.8. The number of likely N-dealkylation sites (tertiary alicyclic amines) is 2. The number of hydrogen-bond acceptors (Lipinski definition) is 3. The lowest BCUT2D eigenvalue weighted by Crippen LogP contribution is -2.62. The molecule has 2 atom stereocenters. The van der Waals surface area contributed by atoms with Crippen molar-refractivity contribution in [3.63, 3.8) is 0 Å². The second-order valence-corrected chi connectivity index (χ2v) is 8.99. The zero-order valence-electron chi connectivity index (χ0n) is 16.8. The van der Waals surface area contributed by atoms with Crippen LogP contribution in [0.25, 0.3) is 0 Å². The van der Waals surface area contributed by atoms with Crippen LogP contribution in [0.2, 0.25) is 0 Å². The summed E-state index contributed by atoms with van der Waals surface area (Å²) < 4.78 is 0. The van der Waals surface area contributed by atoms with E-state index in [1.807, 2.05) is 0 Å². The number of rotatable bonds is 7. The van der Waals surface area contributed by atoms with E-state index in [2.05, 4.69) is 29.0 Å². The Balaban J connectivity index is 1.64. The zero-order chi connectivity index (χ0) is 18.6. The molecule has 0 bridgehead atoms. The Morgan fingerprint density at radius 2 is 1.92 bits per heavy atom. The molecule has 5 nitrogen and oxygen atoms in total. The zero-order valence-corrected chi connectivity index (χ0v) is 16.8. The second-order valence-electron chi connectivity index (χ2n) is 8.99. The molecule has 0 unspecified atom stereocenters. The summed E-state index contributed by atoms with van der Waals surface area (Å²) in [6.45, 7) is 9.25. The van der Waals surface area contributed by atoms with Crippen LogP contribution in [0.1, 0.15) is 71.6 Å². The van der Waals surface area contributed by atoms with Gasteiger partial charge in [-0.3, -0.25) is 9.59 Å². The fourth-order valence-electron chi connectivity index (χ4n) is 5.18. The van der Waals surface area contributed by atoms with Crippen molar-refractivity contribution in [3.05, 3.63) is 0 Å². The lowest BCUT2D eigenvalue weighted by Gasteiger charge is -2.51. The van der Waals surface area contributed by atoms with Gasteiger partial charge in [0.25, 0.3) is 0 Å². The van der Waals surface area contributed by atoms with Gasteiger partial charge in [-0.25, -0.2) is 0 Å². The predicted octanol–water partition coefficient (Wildman–Crippen LogP) is 2.80. The highest BCUT2D eigenvalue weighted by atomic mass is 16.2. The molecule has 5 heteroatoms. The minimum atomic E-state index is -0.339. The summed E-state index contributed by atoms with van der Waals surface area (Å²) in [5.41, 5.74) is -0.339. The van der Waals surface area contributed by atoms with Gasteiger partial charge < -0.3 is 15.1 Å². The summed E-state index contributed by atoms with van der Waals surface area (Å²) in [6, 6.07) is 0.114. The smallest absolute Gasteiger partial charge is 0.228 e. The molecule has 2 aliphatic heterocycles. The quantitative estimate of drug-likeness (QED) is 0.757. The maximum absolute atomic E-state index is 13.3. The molecule has 0 aromatic rings. The molecular weight excluding hydrogens is 326 g/mol. The number of hydrogen-bond donors (Lipinski definition) is 1. The highest BCUT2D eigenvalue weighted by Gasteiger charge is 2.52. The van der Waals surface area contributed by atoms with E-state index in [9.17, 15) is 9.59 Å². The number of nitrogens with one attached hydrogen (secondary N) is 1. The number of carbonyl (C=O) groups excluding carboxylic acids is 2. The van der Waals surface area contributed by atoms with Crippen LogP contribution in [0.4, 0.5) is 0 Å². The number of piperidine rings is 1. The first kappa shape index (κ1) is 19.7. The lowest BCUT2D eigenvalue weighted by molar-refractivity contribution is -0.155. The van der Waals surface area contributed by atoms with E-state index in [-0.39, 0.29) is 23.3 Å². The molecule has 0 aromatic heterocycles. The molecule has 2 amide bonds. The lowest BCUT2D eigenvalue weighted by atomic mass is 9.64. The van der Waals surface area contributed by atoms with Gasteiger partial charge in [-0.15, -0.1) is 0 Å². The van der Waals surface area contributed by atoms with Crippen molar-refractivity contribution in [1.29, 1.82) is 0 Å². The Hall–Kier alpha value is -1.10. The van der Waals surface area contributed by atoms with Crippen LogP contribution in [-0.2, 0) is 9.59 Å². The molecule has 1 saturated carbocycles. The first-order valence-electron chi connectivity index (χ1n) is 10.8. The van der Waals surface area contributed by atoms with Crippen LogP contribution in [-0.4, -0.2) is 60.4 Å². The van der Waals surface area contributed by atoms with Crippen molar-refractivity contribution in [2.24, 2.45) is 11.3 Å². The van der Waals surface area contributed by atoms with Crippen molar-refractivity contribution in [1.82, 2.24) is 15.1 Å². The van der Waals surface area contributed by atoms with Crippen molar-refractivity contribution in [3.8, 4) is 0 Å². The number of fused-ring (bicyclic) bond motifs is 1. The van der Waals surface area contributed by atoms with Gasteiger partial charge in [-0.05, 0) is 57.5 Å². The second kappa shape index (κ2) is 8.73. The molecule has 148 valence electrons. The third-order valence-electron chi connectivity index (χ3n) is 6.78. The molecule has 26 heavy (non-hydrogen) atoms. The summed E-state index contributed by atoms with van der Waals surface area (Å²) in [5, 5.41) is 3.25. The molecule has 2 saturated heterocycles. The Bertz CT molecular complexity index is 501. The maximum Gasteiger partial charge on any atom is 0.228 e. The molecule has 3 aliphatic rings. The molecular formula is C21H37N3O2. The highest BCUT2D eigenvalue weighted by molar-refractivity contribution is 5.88. The van der Waals surface area contributed by atoms with Crippen LogP contribution in [0, 0.1) is 11.3 Å². The summed E-state index contributed by atoms with van der Waals surface area (Å²) in [7, 11) is 0. The Morgan fingerprint density at radius 3 is 2.65 bits per heavy atom. The normalized spacial score (nSPS) is 29.9. The summed E-state index contributed by atoms with van der Waals surface area (Å²) in [4.78, 5) is 30.4. The van der Waals surface area contributed by atoms with Crippen LogP contribution in [0.3, 0.4) is 0 Å². The highest BCUT2D eigenvalue weighted by Crippen LogP contribution is 2.46. The average molecular weight is 364 g/mol. The van der Waals surface area contributed by atoms with Crippen LogP contribution in [0.15, 0.2) is 0 Å². The van der Waals surface area contributed by atoms with Crippen LogP contribution >= 0.6 is 0 Å². The number of carbonyl (C=O) groups is 2. The van der Waals surface area contributed by atoms with Crippen molar-refractivity contribution >= 4 is 11.8 Å². The van der Waals surface area contributed by atoms with Gasteiger partial charge in [-0.2, -0.15) is 0 Å². The molecule has 1 N–H and O–H groups in total. The Morgan fingerprint density at radius 1 is 1.15 bits per heavy atom. The minimum absolute atomic E-state index is 0.114. The molecule has 1 aliphatic carbocycles. The Labute approximate surface area is 158 Å². The standard InChI is InChI=1S/C21H37N3O2/c1-17(2)9-15-24-18-7-3-4-10-21(18,11-8-19(24)25)20(26)22-12-16-23-13-5-6-14-23/h17-18H,3-16H2,1-2H3,(H,22,26)/t18-,21-/m1/s1. The summed E-state index contributed by atoms with van der Waals surface area (Å²) in [6.07, 6.45) is 9.05. The summed E-state index contributed by atoms with van der Waals surface area (Å²) in [5.74, 6) is 1.05. The monoisotopic (exact) mass is 363 g/mol. The molecule has 2 heterocycles. The van der Waals surface area contributed by atoms with E-state index in [4.69, 9.17) is 0 Å². The topological polar surface area (TPSA) is 52.7 Å². The van der Waals surface area contributed by atoms with Crippen molar-refractivity contribution in [2.45, 2.75) is 77.7 Å². The molecule has 3 fully saturated rings. The van der Waals surface area contributed by atoms with Gasteiger partial charge in [-0.1, -0.05) is 26.7 Å². The van der Waals surface area contributed by atoms with Gasteiger partial charge in [0.2, 0.25) is 11.8 Å². The number of nitrogens with zero attached hydrogens (tertiary/aromatic N) is 2. The largest absolute Gasteiger partial charge is 0.354 e. The van der Waals surface area contributed by atoms with E-state index in [0.717, 1.165) is 58.2 Å². The maximum atomic E-state index is 13.3. The predicted molar refractivity (Wildman–Crippen MR) is 104 cm³/mol. The summed E-state index contributed by atoms with van der Waals surface area (Å²) >= 11 is 0. The van der Waals surface area contributed by atoms with Crippen LogP contribution < -0.4 is 5.32 Å². The number of amides is 2. The SMILES string of the molecule is CC(C)CCN1C(=O)CC[C@]2(C(=O)NCCN3CCCC3)CCCC[C@@H]12. The van der Waals surface area contributed by atoms with Crippen molar-refractivity contribution < 1.29 is 9.59 Å². The molecule has 0 aromatic carbocycles. The fraction of sp³-hybridized carbons (Fsp3) is 0.905. The van der Waals surface area contributed by atoms with Gasteiger partial charge in [0.05, 0.1) is 5.41 Å². The van der Waals surface area contributed by atoms with Crippen LogP contribution in [0.5, 0.6) is 0 Å². The third kappa shape index (κ3) is 4.24. The van der Waals surface area contributed by atoms with E-state index in [1.165, 1.54) is 25.9 Å². The average Bonchev–Trinajstić information content (AvgIpc) is 3.14. The third-order valence-corrected chi connectivity index (χ3v) is 6.78. The van der Waals surface area contributed by atoms with E-state index >= 15 is 0 Å². The molecule has 0 spiro atoms. The van der Waals surface area contributed by atoms with Gasteiger partial charge in [0, 0.05) is 32.1 Å². The Kier molecular flexibility index (Phi) is 6.60. The first-order chi connectivity index (χ1) is 12.5. The fourth-order valence-corrected chi connectivity index (χ4v) is 5.18. The van der Waals surface area contributed by atoms with Gasteiger partial charge >= 0.3 is 0 Å². The molecule has 3 rings (SSSR count).